The molecule has 0 saturated heterocycles. The van der Waals surface area contributed by atoms with Crippen LogP contribution in [-0.4, -0.2) is 20.0 Å². The maximum Gasteiger partial charge on any atom is 0.0951 e. The van der Waals surface area contributed by atoms with Crippen LogP contribution in [0.5, 0.6) is 0 Å². The fraction of sp³-hybridized carbons (Fsp3) is 0. The standard InChI is InChI=1S/C17H12N4/c1-2-6-13(7-3-1)21-17(12-19-20-21)15-8-4-10-16-14(15)9-5-11-18-16/h1-12H. The number of pyridine rings is 1. The van der Waals surface area contributed by atoms with Crippen molar-refractivity contribution in [1.29, 1.82) is 0 Å². The van der Waals surface area contributed by atoms with E-state index < -0.39 is 0 Å². The highest BCUT2D eigenvalue weighted by molar-refractivity contribution is 5.93. The number of aromatic nitrogens is 4. The number of fused-ring (bicyclic) bond motifs is 1. The Balaban J connectivity index is 1.97. The first-order chi connectivity index (χ1) is 10.4. The lowest BCUT2D eigenvalue weighted by Gasteiger charge is -2.08. The zero-order chi connectivity index (χ0) is 14.1. The lowest BCUT2D eigenvalue weighted by Crippen LogP contribution is -1.99. The number of benzene rings is 2. The van der Waals surface area contributed by atoms with E-state index in [9.17, 15) is 0 Å². The number of rotatable bonds is 2. The van der Waals surface area contributed by atoms with Gasteiger partial charge in [0.1, 0.15) is 0 Å². The minimum Gasteiger partial charge on any atom is -0.256 e. The van der Waals surface area contributed by atoms with Crippen molar-refractivity contribution in [1.82, 2.24) is 20.0 Å². The third-order valence-corrected chi connectivity index (χ3v) is 3.47. The molecule has 4 aromatic rings. The fourth-order valence-electron chi connectivity index (χ4n) is 2.51. The van der Waals surface area contributed by atoms with Gasteiger partial charge in [0.05, 0.1) is 23.1 Å². The van der Waals surface area contributed by atoms with Crippen molar-refractivity contribution < 1.29 is 0 Å². The van der Waals surface area contributed by atoms with Gasteiger partial charge in [-0.1, -0.05) is 41.6 Å². The molecule has 2 aromatic heterocycles. The van der Waals surface area contributed by atoms with Gasteiger partial charge in [-0.05, 0) is 24.3 Å². The van der Waals surface area contributed by atoms with E-state index in [2.05, 4.69) is 27.4 Å². The van der Waals surface area contributed by atoms with Gasteiger partial charge in [0.15, 0.2) is 0 Å². The topological polar surface area (TPSA) is 43.6 Å². The molecule has 21 heavy (non-hydrogen) atoms. The molecule has 0 unspecified atom stereocenters. The average Bonchev–Trinajstić information content (AvgIpc) is 3.04. The van der Waals surface area contributed by atoms with Crippen LogP contribution in [0.2, 0.25) is 0 Å². The van der Waals surface area contributed by atoms with E-state index in [1.54, 1.807) is 12.4 Å². The molecule has 0 aliphatic carbocycles. The van der Waals surface area contributed by atoms with E-state index in [1.165, 1.54) is 0 Å². The molecule has 4 heteroatoms. The molecule has 0 radical (unpaired) electrons. The van der Waals surface area contributed by atoms with Crippen LogP contribution in [0.4, 0.5) is 0 Å². The van der Waals surface area contributed by atoms with E-state index in [-0.39, 0.29) is 0 Å². The highest BCUT2D eigenvalue weighted by atomic mass is 15.4. The Morgan fingerprint density at radius 3 is 2.62 bits per heavy atom. The normalized spacial score (nSPS) is 10.9. The largest absolute Gasteiger partial charge is 0.256 e. The van der Waals surface area contributed by atoms with E-state index in [0.29, 0.717) is 0 Å². The Morgan fingerprint density at radius 1 is 0.810 bits per heavy atom. The SMILES string of the molecule is c1ccc(-n2nncc2-c2cccc3ncccc23)cc1. The molecule has 0 aliphatic rings. The minimum atomic E-state index is 0.958. The highest BCUT2D eigenvalue weighted by Crippen LogP contribution is 2.28. The van der Waals surface area contributed by atoms with Gasteiger partial charge in [0.25, 0.3) is 0 Å². The van der Waals surface area contributed by atoms with E-state index in [1.807, 2.05) is 53.2 Å². The summed E-state index contributed by atoms with van der Waals surface area (Å²) in [5.74, 6) is 0. The molecule has 4 rings (SSSR count). The first-order valence-electron chi connectivity index (χ1n) is 6.74. The first kappa shape index (κ1) is 11.8. The minimum absolute atomic E-state index is 0.958. The monoisotopic (exact) mass is 272 g/mol. The number of hydrogen-bond acceptors (Lipinski definition) is 3. The van der Waals surface area contributed by atoms with Crippen molar-refractivity contribution >= 4 is 10.9 Å². The van der Waals surface area contributed by atoms with Crippen molar-refractivity contribution in [3.8, 4) is 16.9 Å². The van der Waals surface area contributed by atoms with Crippen LogP contribution in [0.25, 0.3) is 27.8 Å². The van der Waals surface area contributed by atoms with Crippen molar-refractivity contribution in [3.63, 3.8) is 0 Å². The van der Waals surface area contributed by atoms with Gasteiger partial charge in [-0.3, -0.25) is 4.98 Å². The summed E-state index contributed by atoms with van der Waals surface area (Å²) in [6, 6.07) is 20.1. The maximum atomic E-state index is 4.40. The summed E-state index contributed by atoms with van der Waals surface area (Å²) in [5.41, 5.74) is 4.00. The molecule has 0 saturated carbocycles. The summed E-state index contributed by atoms with van der Waals surface area (Å²) in [5, 5.41) is 9.39. The zero-order valence-electron chi connectivity index (χ0n) is 11.2. The quantitative estimate of drug-likeness (QED) is 0.561. The molecule has 0 N–H and O–H groups in total. The summed E-state index contributed by atoms with van der Waals surface area (Å²) in [4.78, 5) is 4.40. The van der Waals surface area contributed by atoms with Crippen LogP contribution in [0.3, 0.4) is 0 Å². The molecular weight excluding hydrogens is 260 g/mol. The smallest absolute Gasteiger partial charge is 0.0951 e. The van der Waals surface area contributed by atoms with Gasteiger partial charge < -0.3 is 0 Å². The molecular formula is C17H12N4. The number of para-hydroxylation sites is 1. The van der Waals surface area contributed by atoms with E-state index in [0.717, 1.165) is 27.8 Å². The Bertz CT molecular complexity index is 891. The lowest BCUT2D eigenvalue weighted by atomic mass is 10.1. The molecule has 4 nitrogen and oxygen atoms in total. The van der Waals surface area contributed by atoms with Crippen LogP contribution in [0.15, 0.2) is 73.1 Å². The maximum absolute atomic E-state index is 4.40. The lowest BCUT2D eigenvalue weighted by molar-refractivity contribution is 0.808. The Labute approximate surface area is 121 Å². The van der Waals surface area contributed by atoms with E-state index >= 15 is 0 Å². The van der Waals surface area contributed by atoms with Crippen molar-refractivity contribution in [2.45, 2.75) is 0 Å². The summed E-state index contributed by atoms with van der Waals surface area (Å²) in [6.45, 7) is 0. The van der Waals surface area contributed by atoms with Gasteiger partial charge in [0.2, 0.25) is 0 Å². The average molecular weight is 272 g/mol. The molecule has 0 aliphatic heterocycles. The Kier molecular flexibility index (Phi) is 2.71. The van der Waals surface area contributed by atoms with Crippen molar-refractivity contribution in [2.24, 2.45) is 0 Å². The molecule has 0 amide bonds. The second-order valence-electron chi connectivity index (χ2n) is 4.74. The molecule has 0 fully saturated rings. The highest BCUT2D eigenvalue weighted by Gasteiger charge is 2.11. The zero-order valence-corrected chi connectivity index (χ0v) is 11.2. The van der Waals surface area contributed by atoms with Crippen molar-refractivity contribution in [2.75, 3.05) is 0 Å². The van der Waals surface area contributed by atoms with Gasteiger partial charge in [0, 0.05) is 17.1 Å². The van der Waals surface area contributed by atoms with Gasteiger partial charge in [-0.25, -0.2) is 4.68 Å². The molecule has 2 heterocycles. The third-order valence-electron chi connectivity index (χ3n) is 3.47. The molecule has 0 bridgehead atoms. The van der Waals surface area contributed by atoms with Gasteiger partial charge >= 0.3 is 0 Å². The van der Waals surface area contributed by atoms with Crippen LogP contribution in [0, 0.1) is 0 Å². The predicted molar refractivity (Wildman–Crippen MR) is 82.1 cm³/mol. The molecule has 100 valence electrons. The van der Waals surface area contributed by atoms with E-state index in [4.69, 9.17) is 0 Å². The Hall–Kier alpha value is -3.01. The van der Waals surface area contributed by atoms with Crippen LogP contribution >= 0.6 is 0 Å². The molecule has 0 spiro atoms. The summed E-state index contributed by atoms with van der Waals surface area (Å²) in [7, 11) is 0. The van der Waals surface area contributed by atoms with Gasteiger partial charge in [-0.2, -0.15) is 0 Å². The second kappa shape index (κ2) is 4.83. The third kappa shape index (κ3) is 1.97. The number of hydrogen-bond donors (Lipinski definition) is 0. The summed E-state index contributed by atoms with van der Waals surface area (Å²) >= 11 is 0. The van der Waals surface area contributed by atoms with Crippen LogP contribution < -0.4 is 0 Å². The fourth-order valence-corrected chi connectivity index (χ4v) is 2.51. The Morgan fingerprint density at radius 2 is 1.71 bits per heavy atom. The molecule has 2 aromatic carbocycles. The predicted octanol–water partition coefficient (Wildman–Crippen LogP) is 3.48. The van der Waals surface area contributed by atoms with Crippen molar-refractivity contribution in [3.05, 3.63) is 73.1 Å². The first-order valence-corrected chi connectivity index (χ1v) is 6.74. The second-order valence-corrected chi connectivity index (χ2v) is 4.74. The van der Waals surface area contributed by atoms with Gasteiger partial charge in [-0.15, -0.1) is 5.10 Å². The van der Waals surface area contributed by atoms with Crippen LogP contribution in [0.1, 0.15) is 0 Å². The molecule has 0 atom stereocenters. The summed E-state index contributed by atoms with van der Waals surface area (Å²) < 4.78 is 1.85. The number of nitrogens with zero attached hydrogens (tertiary/aromatic N) is 4. The summed E-state index contributed by atoms with van der Waals surface area (Å²) in [6.07, 6.45) is 3.59. The van der Waals surface area contributed by atoms with Crippen LogP contribution in [-0.2, 0) is 0 Å².